The molecule has 2 aliphatic rings. The summed E-state index contributed by atoms with van der Waals surface area (Å²) in [6.07, 6.45) is 0. The summed E-state index contributed by atoms with van der Waals surface area (Å²) >= 11 is 4.99. The van der Waals surface area contributed by atoms with Crippen LogP contribution in [0.5, 0.6) is 0 Å². The monoisotopic (exact) mass is 370 g/mol. The van der Waals surface area contributed by atoms with Gasteiger partial charge in [0.15, 0.2) is 0 Å². The largest absolute Gasteiger partial charge is 0.465 e. The average molecular weight is 371 g/mol. The number of carbonyl (C=O) groups excluding carboxylic acids is 1. The molecule has 2 aliphatic heterocycles. The minimum Gasteiger partial charge on any atom is -0.465 e. The van der Waals surface area contributed by atoms with Crippen LogP contribution < -0.4 is 0 Å². The van der Waals surface area contributed by atoms with Crippen LogP contribution in [-0.2, 0) is 9.53 Å². The van der Waals surface area contributed by atoms with E-state index in [1.807, 2.05) is 6.92 Å². The molecule has 0 aliphatic carbocycles. The molecule has 0 aromatic heterocycles. The van der Waals surface area contributed by atoms with E-state index in [0.717, 1.165) is 9.14 Å². The molecule has 0 unspecified atom stereocenters. The Morgan fingerprint density at radius 2 is 1.46 bits per heavy atom. The van der Waals surface area contributed by atoms with E-state index in [1.54, 1.807) is 23.5 Å². The molecule has 2 aromatic carbocycles. The highest BCUT2D eigenvalue weighted by molar-refractivity contribution is 8.29. The zero-order valence-corrected chi connectivity index (χ0v) is 15.6. The second-order valence-corrected chi connectivity index (χ2v) is 8.93. The van der Waals surface area contributed by atoms with Gasteiger partial charge in [-0.25, -0.2) is 4.79 Å². The van der Waals surface area contributed by atoms with Crippen LogP contribution in [0.1, 0.15) is 18.1 Å². The number of fused-ring (bicyclic) bond motifs is 2. The quantitative estimate of drug-likeness (QED) is 0.508. The SMILES string of the molecule is COC(=O)C1=C(C)SC(=C2c3ccccc3Sc3ccccc32)S1. The fourth-order valence-electron chi connectivity index (χ4n) is 2.76. The third kappa shape index (κ3) is 2.61. The number of esters is 1. The Morgan fingerprint density at radius 1 is 0.875 bits per heavy atom. The Bertz CT molecular complexity index is 865. The van der Waals surface area contributed by atoms with Crippen LogP contribution in [0, 0.1) is 0 Å². The summed E-state index contributed by atoms with van der Waals surface area (Å²) < 4.78 is 6.07. The third-order valence-electron chi connectivity index (χ3n) is 3.87. The highest BCUT2D eigenvalue weighted by Crippen LogP contribution is 2.56. The number of benzene rings is 2. The zero-order valence-electron chi connectivity index (χ0n) is 13.2. The van der Waals surface area contributed by atoms with Gasteiger partial charge in [-0.2, -0.15) is 0 Å². The highest BCUT2D eigenvalue weighted by Gasteiger charge is 2.30. The zero-order chi connectivity index (χ0) is 16.7. The lowest BCUT2D eigenvalue weighted by atomic mass is 9.99. The maximum absolute atomic E-state index is 12.0. The predicted octanol–water partition coefficient (Wildman–Crippen LogP) is 5.75. The second kappa shape index (κ2) is 6.39. The van der Waals surface area contributed by atoms with Crippen molar-refractivity contribution in [3.05, 3.63) is 73.7 Å². The first-order valence-electron chi connectivity index (χ1n) is 7.45. The molecule has 2 aromatic rings. The van der Waals surface area contributed by atoms with Gasteiger partial charge in [-0.1, -0.05) is 71.7 Å². The van der Waals surface area contributed by atoms with Gasteiger partial charge in [-0.05, 0) is 30.2 Å². The van der Waals surface area contributed by atoms with E-state index in [1.165, 1.54) is 45.4 Å². The van der Waals surface area contributed by atoms with Crippen molar-refractivity contribution in [2.24, 2.45) is 0 Å². The fourth-order valence-corrected chi connectivity index (χ4v) is 6.48. The van der Waals surface area contributed by atoms with Crippen LogP contribution in [0.2, 0.25) is 0 Å². The Kier molecular flexibility index (Phi) is 4.24. The van der Waals surface area contributed by atoms with E-state index >= 15 is 0 Å². The molecular weight excluding hydrogens is 356 g/mol. The molecule has 4 rings (SSSR count). The Hall–Kier alpha value is -1.56. The summed E-state index contributed by atoms with van der Waals surface area (Å²) in [5.74, 6) is -0.257. The molecule has 2 heterocycles. The molecule has 5 heteroatoms. The van der Waals surface area contributed by atoms with Gasteiger partial charge in [-0.3, -0.25) is 0 Å². The summed E-state index contributed by atoms with van der Waals surface area (Å²) in [4.78, 5) is 16.2. The van der Waals surface area contributed by atoms with Crippen molar-refractivity contribution in [2.75, 3.05) is 7.11 Å². The molecule has 24 heavy (non-hydrogen) atoms. The van der Waals surface area contributed by atoms with Crippen LogP contribution in [-0.4, -0.2) is 13.1 Å². The number of methoxy groups -OCH3 is 1. The summed E-state index contributed by atoms with van der Waals surface area (Å²) in [5, 5.41) is 0. The van der Waals surface area contributed by atoms with E-state index in [0.29, 0.717) is 4.91 Å². The lowest BCUT2D eigenvalue weighted by molar-refractivity contribution is -0.135. The van der Waals surface area contributed by atoms with Crippen LogP contribution in [0.4, 0.5) is 0 Å². The van der Waals surface area contributed by atoms with Gasteiger partial charge in [0.05, 0.1) is 11.3 Å². The molecule has 120 valence electrons. The second-order valence-electron chi connectivity index (χ2n) is 5.34. The fraction of sp³-hybridized carbons (Fsp3) is 0.105. The first-order chi connectivity index (χ1) is 11.7. The smallest absolute Gasteiger partial charge is 0.345 e. The maximum Gasteiger partial charge on any atom is 0.345 e. The van der Waals surface area contributed by atoms with Gasteiger partial charge in [0.2, 0.25) is 0 Å². The molecule has 0 fully saturated rings. The van der Waals surface area contributed by atoms with Gasteiger partial charge in [0.25, 0.3) is 0 Å². The van der Waals surface area contributed by atoms with Crippen molar-refractivity contribution in [3.63, 3.8) is 0 Å². The number of allylic oxidation sites excluding steroid dienone is 1. The molecule has 0 N–H and O–H groups in total. The van der Waals surface area contributed by atoms with Gasteiger partial charge in [-0.15, -0.1) is 0 Å². The molecule has 0 amide bonds. The Morgan fingerprint density at radius 3 is 2.04 bits per heavy atom. The number of hydrogen-bond donors (Lipinski definition) is 0. The number of rotatable bonds is 1. The topological polar surface area (TPSA) is 26.3 Å². The predicted molar refractivity (Wildman–Crippen MR) is 103 cm³/mol. The summed E-state index contributed by atoms with van der Waals surface area (Å²) in [6, 6.07) is 16.9. The standard InChI is InChI=1S/C19H14O2S3/c1-11-17(18(20)21-2)24-19(22-11)16-12-7-3-5-9-14(12)23-15-10-6-4-8-13(15)16/h3-10H,1-2H3. The summed E-state index contributed by atoms with van der Waals surface area (Å²) in [7, 11) is 1.43. The van der Waals surface area contributed by atoms with Crippen molar-refractivity contribution in [1.29, 1.82) is 0 Å². The Balaban J connectivity index is 1.89. The van der Waals surface area contributed by atoms with E-state index in [4.69, 9.17) is 4.74 Å². The molecule has 0 bridgehead atoms. The molecule has 2 nitrogen and oxygen atoms in total. The third-order valence-corrected chi connectivity index (χ3v) is 7.62. The first-order valence-corrected chi connectivity index (χ1v) is 9.90. The Labute approximate surface area is 153 Å². The minimum absolute atomic E-state index is 0.257. The van der Waals surface area contributed by atoms with E-state index in [2.05, 4.69) is 48.5 Å². The lowest BCUT2D eigenvalue weighted by Gasteiger charge is -2.23. The van der Waals surface area contributed by atoms with Crippen molar-refractivity contribution in [3.8, 4) is 0 Å². The average Bonchev–Trinajstić information content (AvgIpc) is 3.00. The van der Waals surface area contributed by atoms with Crippen LogP contribution in [0.15, 0.2) is 72.4 Å². The van der Waals surface area contributed by atoms with Crippen LogP contribution in [0.3, 0.4) is 0 Å². The number of ether oxygens (including phenoxy) is 1. The minimum atomic E-state index is -0.257. The molecule has 0 radical (unpaired) electrons. The highest BCUT2D eigenvalue weighted by atomic mass is 32.2. The van der Waals surface area contributed by atoms with Gasteiger partial charge in [0.1, 0.15) is 4.91 Å². The van der Waals surface area contributed by atoms with Crippen molar-refractivity contribution in [1.82, 2.24) is 0 Å². The molecule has 0 atom stereocenters. The van der Waals surface area contributed by atoms with Crippen molar-refractivity contribution in [2.45, 2.75) is 16.7 Å². The van der Waals surface area contributed by atoms with Crippen LogP contribution >= 0.6 is 35.3 Å². The van der Waals surface area contributed by atoms with Crippen LogP contribution in [0.25, 0.3) is 5.57 Å². The summed E-state index contributed by atoms with van der Waals surface area (Å²) in [5.41, 5.74) is 3.68. The normalized spacial score (nSPS) is 16.1. The number of carbonyl (C=O) groups is 1. The van der Waals surface area contributed by atoms with E-state index in [-0.39, 0.29) is 5.97 Å². The van der Waals surface area contributed by atoms with Gasteiger partial charge >= 0.3 is 5.97 Å². The molecule has 0 saturated heterocycles. The van der Waals surface area contributed by atoms with E-state index < -0.39 is 0 Å². The molecular formula is C19H14O2S3. The van der Waals surface area contributed by atoms with Crippen molar-refractivity contribution >= 4 is 46.8 Å². The first kappa shape index (κ1) is 15.9. The van der Waals surface area contributed by atoms with Gasteiger partial charge in [0, 0.05) is 20.3 Å². The summed E-state index contributed by atoms with van der Waals surface area (Å²) in [6.45, 7) is 1.98. The molecule has 0 spiro atoms. The lowest BCUT2D eigenvalue weighted by Crippen LogP contribution is -2.02. The van der Waals surface area contributed by atoms with Gasteiger partial charge < -0.3 is 4.74 Å². The van der Waals surface area contributed by atoms with E-state index in [9.17, 15) is 4.79 Å². The maximum atomic E-state index is 12.0. The number of thioether (sulfide) groups is 2. The molecule has 0 saturated carbocycles. The van der Waals surface area contributed by atoms with Crippen molar-refractivity contribution < 1.29 is 9.53 Å². The number of hydrogen-bond acceptors (Lipinski definition) is 5.